The predicted molar refractivity (Wildman–Crippen MR) is 101 cm³/mol. The molecule has 2 aromatic rings. The van der Waals surface area contributed by atoms with Crippen LogP contribution in [0.3, 0.4) is 0 Å². The summed E-state index contributed by atoms with van der Waals surface area (Å²) in [6, 6.07) is 5.72. The van der Waals surface area contributed by atoms with Crippen LogP contribution in [0.15, 0.2) is 30.6 Å². The zero-order valence-corrected chi connectivity index (χ0v) is 15.9. The molecule has 2 amide bonds. The summed E-state index contributed by atoms with van der Waals surface area (Å²) in [5.41, 5.74) is 1.47. The predicted octanol–water partition coefficient (Wildman–Crippen LogP) is 1.15. The second-order valence-electron chi connectivity index (χ2n) is 7.19. The van der Waals surface area contributed by atoms with Crippen molar-refractivity contribution in [2.45, 2.75) is 25.3 Å². The Labute approximate surface area is 163 Å². The molecule has 1 fully saturated rings. The molecule has 1 aromatic carbocycles. The van der Waals surface area contributed by atoms with Crippen molar-refractivity contribution in [3.63, 3.8) is 0 Å². The molecule has 8 heteroatoms. The van der Waals surface area contributed by atoms with Gasteiger partial charge in [-0.3, -0.25) is 14.3 Å². The van der Waals surface area contributed by atoms with Gasteiger partial charge in [-0.1, -0.05) is 6.07 Å². The van der Waals surface area contributed by atoms with Crippen molar-refractivity contribution in [2.24, 2.45) is 7.05 Å². The molecule has 3 heterocycles. The van der Waals surface area contributed by atoms with Crippen LogP contribution < -0.4 is 14.8 Å². The first kappa shape index (κ1) is 18.3. The van der Waals surface area contributed by atoms with Crippen molar-refractivity contribution >= 4 is 11.8 Å². The molecule has 0 atom stereocenters. The minimum atomic E-state index is -0.117. The number of nitrogens with zero attached hydrogens (tertiary/aromatic N) is 3. The Kier molecular flexibility index (Phi) is 5.18. The average Bonchev–Trinajstić information content (AvgIpc) is 3.15. The van der Waals surface area contributed by atoms with Gasteiger partial charge in [-0.25, -0.2) is 0 Å². The SMILES string of the molecule is Cn1cc(C(=O)NC2CCN(C(=O)Cc3ccc4c(c3)OCCO4)CC2)cn1. The molecule has 1 saturated heterocycles. The van der Waals surface area contributed by atoms with Crippen molar-refractivity contribution in [2.75, 3.05) is 26.3 Å². The Morgan fingerprint density at radius 3 is 2.64 bits per heavy atom. The number of hydrogen-bond acceptors (Lipinski definition) is 5. The minimum absolute atomic E-state index is 0.0750. The Morgan fingerprint density at radius 1 is 1.18 bits per heavy atom. The van der Waals surface area contributed by atoms with E-state index in [1.807, 2.05) is 23.1 Å². The highest BCUT2D eigenvalue weighted by molar-refractivity contribution is 5.93. The number of nitrogens with one attached hydrogen (secondary N) is 1. The monoisotopic (exact) mass is 384 g/mol. The summed E-state index contributed by atoms with van der Waals surface area (Å²) >= 11 is 0. The molecule has 2 aliphatic heterocycles. The van der Waals surface area contributed by atoms with Gasteiger partial charge in [0, 0.05) is 32.4 Å². The lowest BCUT2D eigenvalue weighted by atomic mass is 10.0. The smallest absolute Gasteiger partial charge is 0.254 e. The molecule has 0 radical (unpaired) electrons. The number of piperidine rings is 1. The number of carbonyl (C=O) groups is 2. The summed E-state index contributed by atoms with van der Waals surface area (Å²) in [4.78, 5) is 26.7. The van der Waals surface area contributed by atoms with Crippen LogP contribution in [0, 0.1) is 0 Å². The van der Waals surface area contributed by atoms with E-state index in [1.165, 1.54) is 0 Å². The molecule has 0 spiro atoms. The maximum atomic E-state index is 12.6. The van der Waals surface area contributed by atoms with E-state index in [0.29, 0.717) is 44.0 Å². The van der Waals surface area contributed by atoms with Gasteiger partial charge in [0.1, 0.15) is 13.2 Å². The second kappa shape index (κ2) is 7.92. The number of fused-ring (bicyclic) bond motifs is 1. The van der Waals surface area contributed by atoms with Crippen molar-refractivity contribution in [1.82, 2.24) is 20.0 Å². The van der Waals surface area contributed by atoms with Crippen molar-refractivity contribution < 1.29 is 19.1 Å². The molecule has 4 rings (SSSR count). The Hall–Kier alpha value is -3.03. The summed E-state index contributed by atoms with van der Waals surface area (Å²) in [6.45, 7) is 2.36. The van der Waals surface area contributed by atoms with Crippen molar-refractivity contribution in [3.05, 3.63) is 41.7 Å². The third-order valence-corrected chi connectivity index (χ3v) is 5.11. The van der Waals surface area contributed by atoms with Gasteiger partial charge in [0.25, 0.3) is 5.91 Å². The van der Waals surface area contributed by atoms with E-state index in [2.05, 4.69) is 10.4 Å². The van der Waals surface area contributed by atoms with Crippen LogP contribution >= 0.6 is 0 Å². The number of carbonyl (C=O) groups excluding carboxylic acids is 2. The van der Waals surface area contributed by atoms with Gasteiger partial charge in [-0.05, 0) is 30.5 Å². The molecule has 2 aliphatic rings. The molecule has 28 heavy (non-hydrogen) atoms. The molecular weight excluding hydrogens is 360 g/mol. The number of aryl methyl sites for hydroxylation is 1. The fraction of sp³-hybridized carbons (Fsp3) is 0.450. The quantitative estimate of drug-likeness (QED) is 0.855. The largest absolute Gasteiger partial charge is 0.486 e. The first-order valence-corrected chi connectivity index (χ1v) is 9.54. The van der Waals surface area contributed by atoms with Gasteiger partial charge in [0.05, 0.1) is 18.2 Å². The van der Waals surface area contributed by atoms with Gasteiger partial charge in [0.2, 0.25) is 5.91 Å². The highest BCUT2D eigenvalue weighted by Crippen LogP contribution is 2.31. The molecule has 8 nitrogen and oxygen atoms in total. The highest BCUT2D eigenvalue weighted by Gasteiger charge is 2.25. The number of benzene rings is 1. The molecule has 1 aromatic heterocycles. The van der Waals surface area contributed by atoms with E-state index in [4.69, 9.17) is 9.47 Å². The average molecular weight is 384 g/mol. The Bertz CT molecular complexity index is 871. The van der Waals surface area contributed by atoms with E-state index < -0.39 is 0 Å². The molecule has 148 valence electrons. The first-order valence-electron chi connectivity index (χ1n) is 9.54. The van der Waals surface area contributed by atoms with E-state index in [0.717, 1.165) is 24.2 Å². The molecule has 0 unspecified atom stereocenters. The van der Waals surface area contributed by atoms with Crippen molar-refractivity contribution in [1.29, 1.82) is 0 Å². The topological polar surface area (TPSA) is 85.7 Å². The van der Waals surface area contributed by atoms with Crippen LogP contribution in [-0.4, -0.2) is 58.8 Å². The van der Waals surface area contributed by atoms with Gasteiger partial charge in [-0.2, -0.15) is 5.10 Å². The van der Waals surface area contributed by atoms with Gasteiger partial charge >= 0.3 is 0 Å². The lowest BCUT2D eigenvalue weighted by Crippen LogP contribution is -2.46. The molecule has 0 bridgehead atoms. The molecular formula is C20H24N4O4. The van der Waals surface area contributed by atoms with Crippen LogP contribution in [0.2, 0.25) is 0 Å². The van der Waals surface area contributed by atoms with E-state index >= 15 is 0 Å². The summed E-state index contributed by atoms with van der Waals surface area (Å²) in [5, 5.41) is 7.05. The van der Waals surface area contributed by atoms with E-state index in [-0.39, 0.29) is 17.9 Å². The van der Waals surface area contributed by atoms with E-state index in [1.54, 1.807) is 24.1 Å². The van der Waals surface area contributed by atoms with Crippen LogP contribution in [-0.2, 0) is 18.3 Å². The number of ether oxygens (including phenoxy) is 2. The Morgan fingerprint density at radius 2 is 1.93 bits per heavy atom. The zero-order chi connectivity index (χ0) is 19.5. The first-order chi connectivity index (χ1) is 13.6. The number of amides is 2. The Balaban J connectivity index is 1.27. The van der Waals surface area contributed by atoms with Crippen LogP contribution in [0.1, 0.15) is 28.8 Å². The number of likely N-dealkylation sites (tertiary alicyclic amines) is 1. The highest BCUT2D eigenvalue weighted by atomic mass is 16.6. The molecule has 0 saturated carbocycles. The standard InChI is InChI=1S/C20H24N4O4/c1-23-13-15(12-21-23)20(26)22-16-4-6-24(7-5-16)19(25)11-14-2-3-17-18(10-14)28-9-8-27-17/h2-3,10,12-13,16H,4-9,11H2,1H3,(H,22,26). The maximum Gasteiger partial charge on any atom is 0.254 e. The van der Waals surface area contributed by atoms with E-state index in [9.17, 15) is 9.59 Å². The van der Waals surface area contributed by atoms with Crippen LogP contribution in [0.25, 0.3) is 0 Å². The number of rotatable bonds is 4. The van der Waals surface area contributed by atoms with Crippen LogP contribution in [0.5, 0.6) is 11.5 Å². The molecule has 1 N–H and O–H groups in total. The third-order valence-electron chi connectivity index (χ3n) is 5.11. The van der Waals surface area contributed by atoms with Gasteiger partial charge in [-0.15, -0.1) is 0 Å². The lowest BCUT2D eigenvalue weighted by Gasteiger charge is -2.32. The second-order valence-corrected chi connectivity index (χ2v) is 7.19. The summed E-state index contributed by atoms with van der Waals surface area (Å²) in [5.74, 6) is 1.41. The number of aromatic nitrogens is 2. The number of hydrogen-bond donors (Lipinski definition) is 1. The van der Waals surface area contributed by atoms with Crippen LogP contribution in [0.4, 0.5) is 0 Å². The third kappa shape index (κ3) is 4.11. The fourth-order valence-electron chi connectivity index (χ4n) is 3.56. The lowest BCUT2D eigenvalue weighted by molar-refractivity contribution is -0.131. The summed E-state index contributed by atoms with van der Waals surface area (Å²) in [7, 11) is 1.78. The summed E-state index contributed by atoms with van der Waals surface area (Å²) < 4.78 is 12.7. The summed E-state index contributed by atoms with van der Waals surface area (Å²) in [6.07, 6.45) is 5.09. The van der Waals surface area contributed by atoms with Gasteiger partial charge in [0.15, 0.2) is 11.5 Å². The normalized spacial score (nSPS) is 16.7. The molecule has 0 aliphatic carbocycles. The maximum absolute atomic E-state index is 12.6. The van der Waals surface area contributed by atoms with Gasteiger partial charge < -0.3 is 19.7 Å². The minimum Gasteiger partial charge on any atom is -0.486 e. The zero-order valence-electron chi connectivity index (χ0n) is 15.9. The van der Waals surface area contributed by atoms with Crippen molar-refractivity contribution in [3.8, 4) is 11.5 Å². The fourth-order valence-corrected chi connectivity index (χ4v) is 3.56.